The van der Waals surface area contributed by atoms with Crippen molar-refractivity contribution < 1.29 is 13.7 Å². The number of thioether (sulfide) groups is 1. The number of aryl methyl sites for hydroxylation is 1. The lowest BCUT2D eigenvalue weighted by Gasteiger charge is -2.08. The highest BCUT2D eigenvalue weighted by atomic mass is 32.2. The van der Waals surface area contributed by atoms with E-state index >= 15 is 0 Å². The third kappa shape index (κ3) is 4.92. The van der Waals surface area contributed by atoms with E-state index in [2.05, 4.69) is 15.5 Å². The molecule has 0 spiro atoms. The Kier molecular flexibility index (Phi) is 6.01. The monoisotopic (exact) mass is 371 g/mol. The van der Waals surface area contributed by atoms with Gasteiger partial charge in [-0.15, -0.1) is 0 Å². The second-order valence-corrected chi connectivity index (χ2v) is 6.67. The number of rotatable bonds is 7. The Morgan fingerprint density at radius 1 is 1.27 bits per heavy atom. The zero-order chi connectivity index (χ0) is 18.4. The van der Waals surface area contributed by atoms with Crippen molar-refractivity contribution in [2.45, 2.75) is 24.1 Å². The van der Waals surface area contributed by atoms with Crippen molar-refractivity contribution in [3.8, 4) is 0 Å². The van der Waals surface area contributed by atoms with Crippen LogP contribution in [0.5, 0.6) is 0 Å². The number of benzene rings is 1. The Bertz CT molecular complexity index is 881. The summed E-state index contributed by atoms with van der Waals surface area (Å²) in [6, 6.07) is 11.6. The Balaban J connectivity index is 1.57. The van der Waals surface area contributed by atoms with Crippen LogP contribution in [0.2, 0.25) is 0 Å². The van der Waals surface area contributed by atoms with Gasteiger partial charge in [0.25, 0.3) is 5.91 Å². The van der Waals surface area contributed by atoms with Gasteiger partial charge in [-0.05, 0) is 43.2 Å². The van der Waals surface area contributed by atoms with Crippen molar-refractivity contribution in [1.82, 2.24) is 15.5 Å². The fourth-order valence-electron chi connectivity index (χ4n) is 2.37. The molecule has 0 atom stereocenters. The Hall–Kier alpha value is -2.67. The molecule has 2 aromatic heterocycles. The van der Waals surface area contributed by atoms with Gasteiger partial charge >= 0.3 is 0 Å². The molecule has 0 aliphatic heterocycles. The number of hydrogen-bond acceptors (Lipinski definition) is 5. The fourth-order valence-corrected chi connectivity index (χ4v) is 3.25. The number of halogens is 1. The van der Waals surface area contributed by atoms with Crippen molar-refractivity contribution in [2.75, 3.05) is 6.54 Å². The first-order chi connectivity index (χ1) is 12.6. The third-order valence-corrected chi connectivity index (χ3v) is 4.70. The predicted molar refractivity (Wildman–Crippen MR) is 97.5 cm³/mol. The average Bonchev–Trinajstić information content (AvgIpc) is 3.07. The highest BCUT2D eigenvalue weighted by Crippen LogP contribution is 2.24. The number of carbonyl (C=O) groups is 1. The smallest absolute Gasteiger partial charge is 0.254 e. The molecule has 0 fully saturated rings. The first kappa shape index (κ1) is 18.1. The second-order valence-electron chi connectivity index (χ2n) is 5.71. The van der Waals surface area contributed by atoms with Gasteiger partial charge in [0.15, 0.2) is 0 Å². The summed E-state index contributed by atoms with van der Waals surface area (Å²) in [5, 5.41) is 7.47. The molecule has 26 heavy (non-hydrogen) atoms. The summed E-state index contributed by atoms with van der Waals surface area (Å²) in [6.07, 6.45) is 2.29. The van der Waals surface area contributed by atoms with E-state index in [-0.39, 0.29) is 11.7 Å². The summed E-state index contributed by atoms with van der Waals surface area (Å²) >= 11 is 1.44. The van der Waals surface area contributed by atoms with E-state index in [1.807, 2.05) is 13.0 Å². The van der Waals surface area contributed by atoms with Crippen molar-refractivity contribution in [1.29, 1.82) is 0 Å². The largest absolute Gasteiger partial charge is 0.361 e. The molecule has 0 saturated heterocycles. The summed E-state index contributed by atoms with van der Waals surface area (Å²) in [6.45, 7) is 2.30. The van der Waals surface area contributed by atoms with E-state index in [1.165, 1.54) is 23.9 Å². The van der Waals surface area contributed by atoms with Gasteiger partial charge in [0.1, 0.15) is 16.6 Å². The summed E-state index contributed by atoms with van der Waals surface area (Å²) in [5.74, 6) is 0.876. The Morgan fingerprint density at radius 3 is 2.81 bits per heavy atom. The minimum atomic E-state index is -0.267. The van der Waals surface area contributed by atoms with Crippen LogP contribution < -0.4 is 5.32 Å². The molecule has 5 nitrogen and oxygen atoms in total. The highest BCUT2D eigenvalue weighted by molar-refractivity contribution is 7.98. The van der Waals surface area contributed by atoms with Gasteiger partial charge in [-0.3, -0.25) is 4.79 Å². The SMILES string of the molecule is Cc1cc(CSc2ncccc2C(=O)NCCc2ccc(F)cc2)no1. The van der Waals surface area contributed by atoms with Crippen LogP contribution in [-0.4, -0.2) is 22.6 Å². The molecule has 1 aromatic carbocycles. The molecule has 3 aromatic rings. The number of carbonyl (C=O) groups excluding carboxylic acids is 1. The molecule has 3 rings (SSSR count). The normalized spacial score (nSPS) is 10.7. The molecule has 2 heterocycles. The predicted octanol–water partition coefficient (Wildman–Crippen LogP) is 3.78. The first-order valence-corrected chi connectivity index (χ1v) is 9.13. The lowest BCUT2D eigenvalue weighted by Crippen LogP contribution is -2.26. The quantitative estimate of drug-likeness (QED) is 0.640. The zero-order valence-corrected chi connectivity index (χ0v) is 15.1. The molecule has 0 saturated carbocycles. The molecule has 7 heteroatoms. The van der Waals surface area contributed by atoms with E-state index in [0.717, 1.165) is 17.0 Å². The first-order valence-electron chi connectivity index (χ1n) is 8.14. The number of amides is 1. The molecule has 134 valence electrons. The standard InChI is InChI=1S/C19H18FN3O2S/c1-13-11-16(23-25-13)12-26-19-17(3-2-9-22-19)18(24)21-10-8-14-4-6-15(20)7-5-14/h2-7,9,11H,8,10,12H2,1H3,(H,21,24). The van der Waals surface area contributed by atoms with Crippen LogP contribution in [0.3, 0.4) is 0 Å². The van der Waals surface area contributed by atoms with E-state index in [9.17, 15) is 9.18 Å². The fraction of sp³-hybridized carbons (Fsp3) is 0.211. The Labute approximate surface area is 155 Å². The van der Waals surface area contributed by atoms with E-state index in [0.29, 0.717) is 29.3 Å². The number of nitrogens with zero attached hydrogens (tertiary/aromatic N) is 2. The maximum absolute atomic E-state index is 12.9. The molecular weight excluding hydrogens is 353 g/mol. The summed E-state index contributed by atoms with van der Waals surface area (Å²) in [4.78, 5) is 16.8. The lowest BCUT2D eigenvalue weighted by molar-refractivity contribution is 0.0950. The minimum absolute atomic E-state index is 0.181. The lowest BCUT2D eigenvalue weighted by atomic mass is 10.1. The Morgan fingerprint density at radius 2 is 2.08 bits per heavy atom. The number of hydrogen-bond donors (Lipinski definition) is 1. The van der Waals surface area contributed by atoms with Gasteiger partial charge in [-0.1, -0.05) is 29.1 Å². The van der Waals surface area contributed by atoms with Gasteiger partial charge < -0.3 is 9.84 Å². The number of nitrogens with one attached hydrogen (secondary N) is 1. The topological polar surface area (TPSA) is 68.0 Å². The molecule has 0 radical (unpaired) electrons. The van der Waals surface area contributed by atoms with E-state index in [1.54, 1.807) is 30.5 Å². The molecule has 0 aliphatic rings. The maximum Gasteiger partial charge on any atom is 0.254 e. The van der Waals surface area contributed by atoms with Gasteiger partial charge in [-0.25, -0.2) is 9.37 Å². The van der Waals surface area contributed by atoms with Crippen LogP contribution in [0.1, 0.15) is 27.4 Å². The van der Waals surface area contributed by atoms with Crippen LogP contribution in [0, 0.1) is 12.7 Å². The van der Waals surface area contributed by atoms with Gasteiger partial charge in [0, 0.05) is 24.6 Å². The minimum Gasteiger partial charge on any atom is -0.361 e. The van der Waals surface area contributed by atoms with Gasteiger partial charge in [0.2, 0.25) is 0 Å². The van der Waals surface area contributed by atoms with Gasteiger partial charge in [-0.2, -0.15) is 0 Å². The average molecular weight is 371 g/mol. The summed E-state index contributed by atoms with van der Waals surface area (Å²) < 4.78 is 18.0. The zero-order valence-electron chi connectivity index (χ0n) is 14.2. The summed E-state index contributed by atoms with van der Waals surface area (Å²) in [5.41, 5.74) is 2.30. The maximum atomic E-state index is 12.9. The molecule has 1 N–H and O–H groups in total. The van der Waals surface area contributed by atoms with Crippen molar-refractivity contribution in [3.63, 3.8) is 0 Å². The van der Waals surface area contributed by atoms with E-state index in [4.69, 9.17) is 4.52 Å². The van der Waals surface area contributed by atoms with Crippen LogP contribution in [0.15, 0.2) is 58.2 Å². The molecule has 0 unspecified atom stereocenters. The van der Waals surface area contributed by atoms with Crippen LogP contribution in [0.25, 0.3) is 0 Å². The van der Waals surface area contributed by atoms with Crippen molar-refractivity contribution in [2.24, 2.45) is 0 Å². The summed E-state index contributed by atoms with van der Waals surface area (Å²) in [7, 11) is 0. The van der Waals surface area contributed by atoms with Crippen LogP contribution >= 0.6 is 11.8 Å². The van der Waals surface area contributed by atoms with E-state index < -0.39 is 0 Å². The molecule has 1 amide bonds. The number of aromatic nitrogens is 2. The third-order valence-electron chi connectivity index (χ3n) is 3.66. The van der Waals surface area contributed by atoms with Crippen LogP contribution in [0.4, 0.5) is 4.39 Å². The van der Waals surface area contributed by atoms with Crippen LogP contribution in [-0.2, 0) is 12.2 Å². The molecule has 0 bridgehead atoms. The van der Waals surface area contributed by atoms with Crippen molar-refractivity contribution in [3.05, 3.63) is 77.1 Å². The molecule has 0 aliphatic carbocycles. The highest BCUT2D eigenvalue weighted by Gasteiger charge is 2.13. The van der Waals surface area contributed by atoms with Crippen molar-refractivity contribution >= 4 is 17.7 Å². The number of pyridine rings is 1. The van der Waals surface area contributed by atoms with Gasteiger partial charge in [0.05, 0.1) is 11.3 Å². The molecular formula is C19H18FN3O2S. The second kappa shape index (κ2) is 8.62.